The first-order valence-corrected chi connectivity index (χ1v) is 38.3. The van der Waals surface area contributed by atoms with E-state index < -0.39 is 23.9 Å². The average molecular weight is 1610 g/mol. The Morgan fingerprint density at radius 3 is 1.13 bits per heavy atom. The van der Waals surface area contributed by atoms with Crippen LogP contribution in [0.5, 0.6) is 0 Å². The van der Waals surface area contributed by atoms with Crippen LogP contribution in [0.3, 0.4) is 0 Å². The number of rotatable bonds is 26. The standard InChI is InChI=1S/C29H28Cl2N4O3.C29H28ClFN4O3.C28H26Cl2N4O2/c30-24-13-25(31)15-26(14-24)33-28(37)18-35(29(38)19-34-10-9-27(36)17-34)11-8-20-4-6-22(7-5-20)23-3-1-2-21(12-23)16-32;30-26-15-24(8-9-27(26)31)33-28(37)18-35(29(38)19-34-12-11-25(36)17-34)13-10-20-4-6-22(7-5-20)23-3-1-2-21(14-23)16-32;29-24-13-25(30)15-26(14-24)32-27(35)18-34(28(36)19-33-10-1-2-11-33)17-20-6-8-22(9-7-20)23-5-3-4-21(12-23)16-31/h1-7,12-15,27,36H,8-11,17-19H2,(H,33,37);1-9,14-15,25,36H,10-13,17-19H2,(H,33,37);3-9,12-15H,1-2,10-11,17-19H2,(H,32,35)/t27-;25-;/m11./s1. The molecule has 20 nitrogen and oxygen atoms in total. The number of nitrogens with zero attached hydrogens (tertiary/aromatic N) is 9. The Morgan fingerprint density at radius 2 is 0.768 bits per heavy atom. The zero-order valence-electron chi connectivity index (χ0n) is 61.2. The van der Waals surface area contributed by atoms with Crippen LogP contribution in [0.15, 0.2) is 200 Å². The number of anilines is 3. The average Bonchev–Trinajstić information content (AvgIpc) is 1.03. The van der Waals surface area contributed by atoms with Crippen molar-refractivity contribution < 1.29 is 43.4 Å². The smallest absolute Gasteiger partial charge is 0.244 e. The number of hydrogen-bond donors (Lipinski definition) is 5. The highest BCUT2D eigenvalue weighted by molar-refractivity contribution is 6.36. The molecule has 9 aromatic rings. The molecule has 5 N–H and O–H groups in total. The molecule has 0 radical (unpaired) electrons. The van der Waals surface area contributed by atoms with Crippen LogP contribution in [0, 0.1) is 39.8 Å². The minimum atomic E-state index is -0.585. The number of hydrogen-bond acceptors (Lipinski definition) is 14. The summed E-state index contributed by atoms with van der Waals surface area (Å²) in [5, 5.41) is 56.8. The van der Waals surface area contributed by atoms with Crippen molar-refractivity contribution in [2.75, 3.05) is 108 Å². The first-order chi connectivity index (χ1) is 54.0. The molecule has 2 atom stereocenters. The maximum absolute atomic E-state index is 13.5. The molecular formula is C86H82Cl5FN12O8. The van der Waals surface area contributed by atoms with Crippen molar-refractivity contribution in [1.29, 1.82) is 15.8 Å². The lowest BCUT2D eigenvalue weighted by molar-refractivity contribution is -0.136. The van der Waals surface area contributed by atoms with Gasteiger partial charge in [-0.3, -0.25) is 43.5 Å². The molecule has 0 aliphatic carbocycles. The fourth-order valence-corrected chi connectivity index (χ4v) is 14.3. The number of β-amino-alcohol motifs (C(OH)–C–C–N with tert-alkyl or cyclic N) is 2. The molecular weight excluding hydrogens is 1530 g/mol. The SMILES string of the molecule is N#Cc1cccc(-c2ccc(CCN(CC(=O)Nc3cc(Cl)cc(Cl)c3)C(=O)CN3CC[C@@H](O)C3)cc2)c1.N#Cc1cccc(-c2ccc(CCN(CC(=O)Nc3ccc(F)c(Cl)c3)C(=O)CN3CC[C@@H](O)C3)cc2)c1.N#Cc1cccc(-c2ccc(CN(CC(=O)Nc3cc(Cl)cc(Cl)c3)C(=O)CN3CCCC3)cc2)c1. The van der Waals surface area contributed by atoms with Crippen LogP contribution in [0.1, 0.15) is 59.1 Å². The highest BCUT2D eigenvalue weighted by atomic mass is 35.5. The van der Waals surface area contributed by atoms with Gasteiger partial charge in [0.2, 0.25) is 35.4 Å². The van der Waals surface area contributed by atoms with Crippen molar-refractivity contribution in [1.82, 2.24) is 29.4 Å². The van der Waals surface area contributed by atoms with E-state index in [9.17, 15) is 43.4 Å². The van der Waals surface area contributed by atoms with Gasteiger partial charge in [-0.25, -0.2) is 4.39 Å². The van der Waals surface area contributed by atoms with Gasteiger partial charge in [-0.15, -0.1) is 0 Å². The van der Waals surface area contributed by atoms with Crippen molar-refractivity contribution >= 4 is 111 Å². The third-order valence-corrected chi connectivity index (χ3v) is 20.0. The van der Waals surface area contributed by atoms with Gasteiger partial charge in [-0.2, -0.15) is 15.8 Å². The summed E-state index contributed by atoms with van der Waals surface area (Å²) < 4.78 is 13.5. The van der Waals surface area contributed by atoms with Gasteiger partial charge in [0.05, 0.1) is 84.9 Å². The lowest BCUT2D eigenvalue weighted by atomic mass is 10.0. The van der Waals surface area contributed by atoms with E-state index in [1.807, 2.05) is 137 Å². The molecule has 3 fully saturated rings. The van der Waals surface area contributed by atoms with Gasteiger partial charge < -0.3 is 40.9 Å². The lowest BCUT2D eigenvalue weighted by Crippen LogP contribution is -2.44. The second-order valence-electron chi connectivity index (χ2n) is 27.5. The number of amides is 6. The fourth-order valence-electron chi connectivity index (χ4n) is 13.1. The quantitative estimate of drug-likeness (QED) is 0.0337. The van der Waals surface area contributed by atoms with E-state index in [4.69, 9.17) is 73.8 Å². The van der Waals surface area contributed by atoms with Crippen LogP contribution in [-0.4, -0.2) is 179 Å². The van der Waals surface area contributed by atoms with Gasteiger partial charge in [0.25, 0.3) is 0 Å². The molecule has 0 unspecified atom stereocenters. The minimum Gasteiger partial charge on any atom is -0.392 e. The van der Waals surface area contributed by atoms with Crippen molar-refractivity contribution in [2.24, 2.45) is 0 Å². The second-order valence-corrected chi connectivity index (χ2v) is 29.6. The number of aliphatic hydroxyl groups excluding tert-OH is 2. The maximum atomic E-state index is 13.5. The van der Waals surface area contributed by atoms with Gasteiger partial charge in [0.1, 0.15) is 12.4 Å². The number of nitrogens with one attached hydrogen (secondary N) is 3. The van der Waals surface area contributed by atoms with E-state index in [1.54, 1.807) is 59.5 Å². The van der Waals surface area contributed by atoms with Gasteiger partial charge in [0.15, 0.2) is 0 Å². The zero-order valence-corrected chi connectivity index (χ0v) is 65.0. The predicted molar refractivity (Wildman–Crippen MR) is 436 cm³/mol. The summed E-state index contributed by atoms with van der Waals surface area (Å²) in [5.41, 5.74) is 11.8. The van der Waals surface area contributed by atoms with Crippen LogP contribution < -0.4 is 16.0 Å². The topological polar surface area (TPSA) is 270 Å². The van der Waals surface area contributed by atoms with E-state index >= 15 is 0 Å². The zero-order chi connectivity index (χ0) is 79.6. The summed E-state index contributed by atoms with van der Waals surface area (Å²) in [4.78, 5) is 88.5. The van der Waals surface area contributed by atoms with E-state index in [0.717, 1.165) is 76.0 Å². The monoisotopic (exact) mass is 1600 g/mol. The molecule has 0 saturated carbocycles. The van der Waals surface area contributed by atoms with Gasteiger partial charge >= 0.3 is 0 Å². The van der Waals surface area contributed by atoms with Crippen molar-refractivity contribution in [3.8, 4) is 51.6 Å². The van der Waals surface area contributed by atoms with Crippen LogP contribution in [0.25, 0.3) is 33.4 Å². The number of carbonyl (C=O) groups excluding carboxylic acids is 6. The maximum Gasteiger partial charge on any atom is 0.244 e. The van der Waals surface area contributed by atoms with Crippen molar-refractivity contribution in [3.63, 3.8) is 0 Å². The van der Waals surface area contributed by atoms with Gasteiger partial charge in [0, 0.05) is 83.0 Å². The Bertz CT molecular complexity index is 4900. The summed E-state index contributed by atoms with van der Waals surface area (Å²) in [6.07, 6.45) is 3.62. The Labute approximate surface area is 675 Å². The molecule has 0 aromatic heterocycles. The molecule has 26 heteroatoms. The molecule has 576 valence electrons. The van der Waals surface area contributed by atoms with Crippen LogP contribution in [0.2, 0.25) is 25.1 Å². The summed E-state index contributed by atoms with van der Waals surface area (Å²) >= 11 is 30.0. The Kier molecular flexibility index (Phi) is 31.2. The van der Waals surface area contributed by atoms with Gasteiger partial charge in [-0.05, 0) is 193 Å². The molecule has 3 saturated heterocycles. The number of aliphatic hydroxyl groups is 2. The molecule has 0 bridgehead atoms. The van der Waals surface area contributed by atoms with Crippen LogP contribution in [-0.2, 0) is 48.2 Å². The van der Waals surface area contributed by atoms with E-state index in [2.05, 4.69) is 39.1 Å². The Balaban J connectivity index is 0.000000178. The lowest BCUT2D eigenvalue weighted by Gasteiger charge is -2.25. The Hall–Kier alpha value is -10.6. The second kappa shape index (κ2) is 41.6. The number of carbonyl (C=O) groups is 6. The molecule has 112 heavy (non-hydrogen) atoms. The summed E-state index contributed by atoms with van der Waals surface area (Å²) in [7, 11) is 0. The van der Waals surface area contributed by atoms with E-state index in [0.29, 0.717) is 125 Å². The highest BCUT2D eigenvalue weighted by Gasteiger charge is 2.29. The number of nitriles is 3. The summed E-state index contributed by atoms with van der Waals surface area (Å²) in [5.74, 6) is -2.17. The number of likely N-dealkylation sites (tertiary alicyclic amines) is 3. The third kappa shape index (κ3) is 26.3. The molecule has 3 aliphatic heterocycles. The van der Waals surface area contributed by atoms with Crippen molar-refractivity contribution in [2.45, 2.75) is 57.3 Å². The molecule has 3 heterocycles. The summed E-state index contributed by atoms with van der Waals surface area (Å²) in [6, 6.07) is 65.8. The first kappa shape index (κ1) is 83.9. The van der Waals surface area contributed by atoms with Crippen LogP contribution in [0.4, 0.5) is 21.5 Å². The molecule has 12 rings (SSSR count). The molecule has 9 aromatic carbocycles. The largest absolute Gasteiger partial charge is 0.392 e. The highest BCUT2D eigenvalue weighted by Crippen LogP contribution is 2.29. The van der Waals surface area contributed by atoms with Gasteiger partial charge in [-0.1, -0.05) is 167 Å². The fraction of sp³-hybridized carbons (Fsp3) is 0.267. The normalized spacial score (nSPS) is 14.5. The predicted octanol–water partition coefficient (Wildman–Crippen LogP) is 14.3. The molecule has 0 spiro atoms. The van der Waals surface area contributed by atoms with Crippen LogP contribution >= 0.6 is 58.0 Å². The molecule has 3 aliphatic rings. The number of benzene rings is 9. The van der Waals surface area contributed by atoms with E-state index in [-0.39, 0.29) is 73.8 Å². The summed E-state index contributed by atoms with van der Waals surface area (Å²) in [6.45, 7) is 5.02. The first-order valence-electron chi connectivity index (χ1n) is 36.4. The molecule has 6 amide bonds. The Morgan fingerprint density at radius 1 is 0.411 bits per heavy atom. The van der Waals surface area contributed by atoms with E-state index in [1.165, 1.54) is 28.0 Å². The van der Waals surface area contributed by atoms with Crippen molar-refractivity contribution in [3.05, 3.63) is 265 Å². The minimum absolute atomic E-state index is 0.0945. The third-order valence-electron chi connectivity index (χ3n) is 18.9. The number of halogens is 6.